The number of rotatable bonds is 8. The minimum atomic E-state index is -0.430. The standard InChI is InChI=1S/C19H25Cl2N3O4/c1-28-10-2-7-22-18(26)13-5-8-24(9-6-13)17(25)12-23-19(27)15-4-3-14(20)11-16(15)21/h3-4,11,13H,2,5-10,12H2,1H3,(H,22,26)(H,23,27). The van der Waals surface area contributed by atoms with Crippen LogP contribution < -0.4 is 10.6 Å². The first-order chi connectivity index (χ1) is 13.4. The second-order valence-corrected chi connectivity index (χ2v) is 7.44. The molecule has 1 saturated heterocycles. The van der Waals surface area contributed by atoms with Crippen LogP contribution in [0.2, 0.25) is 10.0 Å². The van der Waals surface area contributed by atoms with Crippen molar-refractivity contribution < 1.29 is 19.1 Å². The number of likely N-dealkylation sites (tertiary alicyclic amines) is 1. The number of halogens is 2. The summed E-state index contributed by atoms with van der Waals surface area (Å²) in [5.41, 5.74) is 0.266. The molecule has 1 aliphatic rings. The summed E-state index contributed by atoms with van der Waals surface area (Å²) in [6.07, 6.45) is 1.99. The van der Waals surface area contributed by atoms with Gasteiger partial charge in [0.25, 0.3) is 5.91 Å². The van der Waals surface area contributed by atoms with E-state index in [-0.39, 0.29) is 34.9 Å². The third-order valence-electron chi connectivity index (χ3n) is 4.62. The average Bonchev–Trinajstić information content (AvgIpc) is 2.69. The van der Waals surface area contributed by atoms with Crippen LogP contribution >= 0.6 is 23.2 Å². The molecule has 28 heavy (non-hydrogen) atoms. The summed E-state index contributed by atoms with van der Waals surface area (Å²) >= 11 is 11.8. The highest BCUT2D eigenvalue weighted by atomic mass is 35.5. The van der Waals surface area contributed by atoms with Crippen molar-refractivity contribution in [2.24, 2.45) is 5.92 Å². The van der Waals surface area contributed by atoms with Crippen LogP contribution in [0.1, 0.15) is 29.6 Å². The maximum absolute atomic E-state index is 12.3. The van der Waals surface area contributed by atoms with Gasteiger partial charge < -0.3 is 20.3 Å². The third-order valence-corrected chi connectivity index (χ3v) is 5.17. The fraction of sp³-hybridized carbons (Fsp3) is 0.526. The molecule has 0 unspecified atom stereocenters. The van der Waals surface area contributed by atoms with Crippen LogP contribution in [0.15, 0.2) is 18.2 Å². The lowest BCUT2D eigenvalue weighted by molar-refractivity contribution is -0.134. The summed E-state index contributed by atoms with van der Waals surface area (Å²) in [4.78, 5) is 38.3. The first kappa shape index (κ1) is 22.5. The van der Waals surface area contributed by atoms with E-state index in [1.54, 1.807) is 18.1 Å². The SMILES string of the molecule is COCCCNC(=O)C1CCN(C(=O)CNC(=O)c2ccc(Cl)cc2Cl)CC1. The maximum Gasteiger partial charge on any atom is 0.253 e. The lowest BCUT2D eigenvalue weighted by Crippen LogP contribution is -2.46. The first-order valence-corrected chi connectivity index (χ1v) is 9.95. The van der Waals surface area contributed by atoms with Crippen molar-refractivity contribution in [3.05, 3.63) is 33.8 Å². The van der Waals surface area contributed by atoms with Crippen LogP contribution in [-0.4, -0.2) is 62.5 Å². The number of carbonyl (C=O) groups excluding carboxylic acids is 3. The molecule has 7 nitrogen and oxygen atoms in total. The second kappa shape index (κ2) is 11.2. The first-order valence-electron chi connectivity index (χ1n) is 9.20. The number of nitrogens with one attached hydrogen (secondary N) is 2. The molecule has 1 heterocycles. The minimum Gasteiger partial charge on any atom is -0.385 e. The Kier molecular flexibility index (Phi) is 9.02. The molecule has 0 aliphatic carbocycles. The summed E-state index contributed by atoms with van der Waals surface area (Å²) < 4.78 is 4.95. The molecule has 3 amide bonds. The van der Waals surface area contributed by atoms with Gasteiger partial charge in [0.15, 0.2) is 0 Å². The van der Waals surface area contributed by atoms with Gasteiger partial charge in [-0.1, -0.05) is 23.2 Å². The minimum absolute atomic E-state index is 0.0221. The molecule has 2 rings (SSSR count). The number of hydrogen-bond donors (Lipinski definition) is 2. The zero-order valence-corrected chi connectivity index (χ0v) is 17.3. The Labute approximate surface area is 174 Å². The van der Waals surface area contributed by atoms with Crippen molar-refractivity contribution in [1.29, 1.82) is 0 Å². The van der Waals surface area contributed by atoms with Crippen LogP contribution in [0.25, 0.3) is 0 Å². The van der Waals surface area contributed by atoms with E-state index in [0.717, 1.165) is 6.42 Å². The van der Waals surface area contributed by atoms with E-state index in [2.05, 4.69) is 10.6 Å². The molecule has 1 fully saturated rings. The highest BCUT2D eigenvalue weighted by molar-refractivity contribution is 6.36. The van der Waals surface area contributed by atoms with Gasteiger partial charge >= 0.3 is 0 Å². The molecule has 154 valence electrons. The van der Waals surface area contributed by atoms with Gasteiger partial charge in [-0.25, -0.2) is 0 Å². The number of hydrogen-bond acceptors (Lipinski definition) is 4. The van der Waals surface area contributed by atoms with Gasteiger partial charge in [0.05, 0.1) is 17.1 Å². The van der Waals surface area contributed by atoms with E-state index in [9.17, 15) is 14.4 Å². The van der Waals surface area contributed by atoms with Crippen LogP contribution in [0.3, 0.4) is 0 Å². The van der Waals surface area contributed by atoms with Crippen molar-refractivity contribution in [2.75, 3.05) is 39.9 Å². The van der Waals surface area contributed by atoms with Gasteiger partial charge in [0.2, 0.25) is 11.8 Å². The highest BCUT2D eigenvalue weighted by Gasteiger charge is 2.27. The number of piperidine rings is 1. The van der Waals surface area contributed by atoms with E-state index in [0.29, 0.717) is 44.1 Å². The fourth-order valence-corrected chi connectivity index (χ4v) is 3.49. The normalized spacial score (nSPS) is 14.6. The molecule has 0 atom stereocenters. The molecule has 0 radical (unpaired) electrons. The Morgan fingerprint density at radius 2 is 1.89 bits per heavy atom. The van der Waals surface area contributed by atoms with Crippen molar-refractivity contribution in [3.63, 3.8) is 0 Å². The van der Waals surface area contributed by atoms with Crippen molar-refractivity contribution in [2.45, 2.75) is 19.3 Å². The number of carbonyl (C=O) groups is 3. The monoisotopic (exact) mass is 429 g/mol. The second-order valence-electron chi connectivity index (χ2n) is 6.60. The summed E-state index contributed by atoms with van der Waals surface area (Å²) in [6.45, 7) is 2.07. The van der Waals surface area contributed by atoms with Crippen LogP contribution in [0, 0.1) is 5.92 Å². The molecule has 1 aromatic carbocycles. The highest BCUT2D eigenvalue weighted by Crippen LogP contribution is 2.21. The van der Waals surface area contributed by atoms with Crippen molar-refractivity contribution in [1.82, 2.24) is 15.5 Å². The Balaban J connectivity index is 1.73. The van der Waals surface area contributed by atoms with E-state index >= 15 is 0 Å². The molecular formula is C19H25Cl2N3O4. The summed E-state index contributed by atoms with van der Waals surface area (Å²) in [7, 11) is 1.63. The molecule has 1 aromatic rings. The van der Waals surface area contributed by atoms with Crippen molar-refractivity contribution >= 4 is 40.9 Å². The lowest BCUT2D eigenvalue weighted by Gasteiger charge is -2.31. The van der Waals surface area contributed by atoms with Crippen LogP contribution in [0.5, 0.6) is 0 Å². The molecule has 0 bridgehead atoms. The van der Waals surface area contributed by atoms with E-state index in [4.69, 9.17) is 27.9 Å². The van der Waals surface area contributed by atoms with E-state index in [1.807, 2.05) is 0 Å². The molecule has 1 aliphatic heterocycles. The Morgan fingerprint density at radius 3 is 2.54 bits per heavy atom. The summed E-state index contributed by atoms with van der Waals surface area (Å²) in [5.74, 6) is -0.680. The molecule has 9 heteroatoms. The van der Waals surface area contributed by atoms with Gasteiger partial charge in [-0.15, -0.1) is 0 Å². The third kappa shape index (κ3) is 6.65. The van der Waals surface area contributed by atoms with Gasteiger partial charge in [-0.2, -0.15) is 0 Å². The Morgan fingerprint density at radius 1 is 1.18 bits per heavy atom. The summed E-state index contributed by atoms with van der Waals surface area (Å²) in [6, 6.07) is 4.56. The summed E-state index contributed by atoms with van der Waals surface area (Å²) in [5, 5.41) is 6.14. The van der Waals surface area contributed by atoms with Crippen molar-refractivity contribution in [3.8, 4) is 0 Å². The molecule has 0 saturated carbocycles. The topological polar surface area (TPSA) is 87.7 Å². The number of amides is 3. The smallest absolute Gasteiger partial charge is 0.253 e. The number of ether oxygens (including phenoxy) is 1. The van der Waals surface area contributed by atoms with E-state index in [1.165, 1.54) is 12.1 Å². The molecule has 0 aromatic heterocycles. The average molecular weight is 430 g/mol. The predicted octanol–water partition coefficient (Wildman–Crippen LogP) is 2.11. The van der Waals surface area contributed by atoms with Crippen LogP contribution in [-0.2, 0) is 14.3 Å². The maximum atomic E-state index is 12.3. The Bertz CT molecular complexity index is 706. The molecule has 0 spiro atoms. The van der Waals surface area contributed by atoms with Gasteiger partial charge in [0, 0.05) is 44.3 Å². The van der Waals surface area contributed by atoms with Gasteiger partial charge in [0.1, 0.15) is 0 Å². The lowest BCUT2D eigenvalue weighted by atomic mass is 9.96. The van der Waals surface area contributed by atoms with Gasteiger partial charge in [-0.05, 0) is 37.5 Å². The van der Waals surface area contributed by atoms with Crippen LogP contribution in [0.4, 0.5) is 0 Å². The number of benzene rings is 1. The zero-order chi connectivity index (χ0) is 20.5. The number of nitrogens with zero attached hydrogens (tertiary/aromatic N) is 1. The largest absolute Gasteiger partial charge is 0.385 e. The molecular weight excluding hydrogens is 405 g/mol. The Hall–Kier alpha value is -1.83. The van der Waals surface area contributed by atoms with Gasteiger partial charge in [-0.3, -0.25) is 14.4 Å². The zero-order valence-electron chi connectivity index (χ0n) is 15.8. The fourth-order valence-electron chi connectivity index (χ4n) is 3.00. The molecule has 2 N–H and O–H groups in total. The van der Waals surface area contributed by atoms with E-state index < -0.39 is 5.91 Å². The predicted molar refractivity (Wildman–Crippen MR) is 108 cm³/mol. The number of methoxy groups -OCH3 is 1. The quantitative estimate of drug-likeness (QED) is 0.619.